The summed E-state index contributed by atoms with van der Waals surface area (Å²) in [5.74, 6) is -0.288. The zero-order chi connectivity index (χ0) is 21.3. The fourth-order valence-electron chi connectivity index (χ4n) is 3.60. The summed E-state index contributed by atoms with van der Waals surface area (Å²) in [6.45, 7) is 18.6. The van der Waals surface area contributed by atoms with Crippen LogP contribution in [0, 0.1) is 19.3 Å². The number of hydrogen-bond acceptors (Lipinski definition) is 3. The molecule has 2 heterocycles. The Morgan fingerprint density at radius 1 is 1.11 bits per heavy atom. The topological polar surface area (TPSA) is 54.5 Å². The highest BCUT2D eigenvalue weighted by atomic mass is 16.6. The number of esters is 1. The molecule has 28 heavy (non-hydrogen) atoms. The summed E-state index contributed by atoms with van der Waals surface area (Å²) in [6, 6.07) is 0. The number of H-pyrrole nitrogens is 1. The van der Waals surface area contributed by atoms with Crippen molar-refractivity contribution in [2.24, 2.45) is 10.4 Å². The van der Waals surface area contributed by atoms with Crippen LogP contribution in [0.5, 0.6) is 0 Å². The molecule has 156 valence electrons. The Morgan fingerprint density at radius 2 is 1.71 bits per heavy atom. The molecular formula is C24H38N2O2. The molecule has 1 aliphatic rings. The minimum Gasteiger partial charge on any atom is -0.455 e. The van der Waals surface area contributed by atoms with Crippen molar-refractivity contribution in [3.63, 3.8) is 0 Å². The van der Waals surface area contributed by atoms with Gasteiger partial charge < -0.3 is 9.72 Å². The van der Waals surface area contributed by atoms with Crippen molar-refractivity contribution in [3.8, 4) is 0 Å². The van der Waals surface area contributed by atoms with E-state index < -0.39 is 5.60 Å². The fourth-order valence-corrected chi connectivity index (χ4v) is 3.60. The van der Waals surface area contributed by atoms with Crippen LogP contribution in [0.4, 0.5) is 0 Å². The first-order valence-corrected chi connectivity index (χ1v) is 10.6. The van der Waals surface area contributed by atoms with E-state index in [4.69, 9.17) is 9.73 Å². The number of aromatic amines is 1. The Balaban J connectivity index is 2.50. The van der Waals surface area contributed by atoms with Gasteiger partial charge in [0.2, 0.25) is 0 Å². The van der Waals surface area contributed by atoms with Gasteiger partial charge in [-0.2, -0.15) is 0 Å². The normalized spacial score (nSPS) is 18.2. The summed E-state index contributed by atoms with van der Waals surface area (Å²) in [5.41, 5.74) is 6.90. The van der Waals surface area contributed by atoms with E-state index in [9.17, 15) is 4.79 Å². The highest BCUT2D eigenvalue weighted by Crippen LogP contribution is 2.41. The lowest BCUT2D eigenvalue weighted by Gasteiger charge is -2.19. The quantitative estimate of drug-likeness (QED) is 0.433. The summed E-state index contributed by atoms with van der Waals surface area (Å²) >= 11 is 0. The third-order valence-corrected chi connectivity index (χ3v) is 5.74. The van der Waals surface area contributed by atoms with Gasteiger partial charge in [0, 0.05) is 28.9 Å². The standard InChI is InChI=1S/C24H38N2O2/c1-10-11-12-13-18(19-14-24(8,9)17(4)25-19)20-15(2)16(3)21(26-20)22(27)28-23(5,6)7/h26H,10-14H2,1-9H3/b19-18-. The molecule has 0 bridgehead atoms. The average Bonchev–Trinajstić information content (AvgIpc) is 3.00. The molecule has 0 aromatic carbocycles. The number of aliphatic imine (C=N–C) groups is 1. The molecule has 0 aliphatic carbocycles. The van der Waals surface area contributed by atoms with Gasteiger partial charge in [-0.3, -0.25) is 4.99 Å². The SMILES string of the molecule is CCCCC/C(=C1\CC(C)(C)C(C)=N1)c1[nH]c(C(=O)OC(C)(C)C)c(C)c1C. The number of carbonyl (C=O) groups is 1. The number of nitrogens with one attached hydrogen (secondary N) is 1. The Bertz CT molecular complexity index is 801. The smallest absolute Gasteiger partial charge is 0.355 e. The number of unbranched alkanes of at least 4 members (excludes halogenated alkanes) is 2. The minimum atomic E-state index is -0.512. The molecular weight excluding hydrogens is 348 g/mol. The lowest BCUT2D eigenvalue weighted by molar-refractivity contribution is 0.00627. The Morgan fingerprint density at radius 3 is 2.21 bits per heavy atom. The van der Waals surface area contributed by atoms with Crippen LogP contribution in [0.15, 0.2) is 10.7 Å². The van der Waals surface area contributed by atoms with Crippen LogP contribution < -0.4 is 0 Å². The number of allylic oxidation sites excluding steroid dienone is 2. The van der Waals surface area contributed by atoms with E-state index in [-0.39, 0.29) is 11.4 Å². The van der Waals surface area contributed by atoms with Crippen LogP contribution in [0.25, 0.3) is 5.57 Å². The van der Waals surface area contributed by atoms with Crippen LogP contribution in [0.2, 0.25) is 0 Å². The second kappa shape index (κ2) is 8.26. The molecule has 0 saturated heterocycles. The predicted molar refractivity (Wildman–Crippen MR) is 118 cm³/mol. The van der Waals surface area contributed by atoms with Crippen molar-refractivity contribution < 1.29 is 9.53 Å². The Hall–Kier alpha value is -1.84. The van der Waals surface area contributed by atoms with Gasteiger partial charge in [-0.25, -0.2) is 4.79 Å². The van der Waals surface area contributed by atoms with Crippen LogP contribution in [-0.2, 0) is 4.74 Å². The first-order chi connectivity index (χ1) is 12.9. The van der Waals surface area contributed by atoms with Crippen molar-refractivity contribution in [1.82, 2.24) is 4.98 Å². The zero-order valence-electron chi connectivity index (χ0n) is 19.3. The van der Waals surface area contributed by atoms with Gasteiger partial charge in [0.25, 0.3) is 0 Å². The molecule has 0 spiro atoms. The maximum Gasteiger partial charge on any atom is 0.355 e. The van der Waals surface area contributed by atoms with Gasteiger partial charge in [0.05, 0.1) is 0 Å². The molecule has 4 heteroatoms. The largest absolute Gasteiger partial charge is 0.455 e. The summed E-state index contributed by atoms with van der Waals surface area (Å²) in [5, 5.41) is 0. The van der Waals surface area contributed by atoms with E-state index in [0.717, 1.165) is 36.1 Å². The number of hydrogen-bond donors (Lipinski definition) is 1. The molecule has 0 unspecified atom stereocenters. The lowest BCUT2D eigenvalue weighted by atomic mass is 9.85. The number of carbonyl (C=O) groups excluding carboxylic acids is 1. The second-order valence-electron chi connectivity index (χ2n) is 9.77. The first kappa shape index (κ1) is 22.4. The summed E-state index contributed by atoms with van der Waals surface area (Å²) in [6.07, 6.45) is 5.43. The Kier molecular flexibility index (Phi) is 6.62. The zero-order valence-corrected chi connectivity index (χ0v) is 19.3. The maximum absolute atomic E-state index is 12.7. The molecule has 0 saturated carbocycles. The molecule has 0 atom stereocenters. The van der Waals surface area contributed by atoms with Crippen LogP contribution in [-0.4, -0.2) is 22.3 Å². The third-order valence-electron chi connectivity index (χ3n) is 5.74. The number of aromatic nitrogens is 1. The summed E-state index contributed by atoms with van der Waals surface area (Å²) in [4.78, 5) is 21.1. The highest BCUT2D eigenvalue weighted by molar-refractivity contribution is 5.94. The van der Waals surface area contributed by atoms with Gasteiger partial charge in [0.15, 0.2) is 0 Å². The average molecular weight is 387 g/mol. The molecule has 2 rings (SSSR count). The highest BCUT2D eigenvalue weighted by Gasteiger charge is 2.32. The number of ether oxygens (including phenoxy) is 1. The van der Waals surface area contributed by atoms with E-state index in [2.05, 4.69) is 39.6 Å². The van der Waals surface area contributed by atoms with Crippen LogP contribution >= 0.6 is 0 Å². The van der Waals surface area contributed by atoms with E-state index in [0.29, 0.717) is 5.69 Å². The van der Waals surface area contributed by atoms with E-state index in [1.54, 1.807) is 0 Å². The van der Waals surface area contributed by atoms with Crippen molar-refractivity contribution in [2.75, 3.05) is 0 Å². The minimum absolute atomic E-state index is 0.0921. The van der Waals surface area contributed by atoms with Gasteiger partial charge in [0.1, 0.15) is 11.3 Å². The molecule has 1 aromatic rings. The molecule has 0 amide bonds. The van der Waals surface area contributed by atoms with Gasteiger partial charge >= 0.3 is 5.97 Å². The number of nitrogens with zero attached hydrogens (tertiary/aromatic N) is 1. The molecule has 0 fully saturated rings. The van der Waals surface area contributed by atoms with Gasteiger partial charge in [-0.15, -0.1) is 0 Å². The van der Waals surface area contributed by atoms with Crippen LogP contribution in [0.1, 0.15) is 108 Å². The predicted octanol–water partition coefficient (Wildman–Crippen LogP) is 6.77. The Labute approximate surface area is 170 Å². The molecule has 0 radical (unpaired) electrons. The number of rotatable bonds is 6. The fraction of sp³-hybridized carbons (Fsp3) is 0.667. The summed E-state index contributed by atoms with van der Waals surface area (Å²) in [7, 11) is 0. The van der Waals surface area contributed by atoms with Crippen molar-refractivity contribution in [3.05, 3.63) is 28.2 Å². The second-order valence-corrected chi connectivity index (χ2v) is 9.77. The third kappa shape index (κ3) is 4.95. The monoisotopic (exact) mass is 386 g/mol. The van der Waals surface area contributed by atoms with E-state index in [1.165, 1.54) is 29.8 Å². The summed E-state index contributed by atoms with van der Waals surface area (Å²) < 4.78 is 5.61. The molecule has 1 N–H and O–H groups in total. The molecule has 4 nitrogen and oxygen atoms in total. The van der Waals surface area contributed by atoms with Crippen molar-refractivity contribution in [2.45, 2.75) is 100 Å². The molecule has 1 aromatic heterocycles. The van der Waals surface area contributed by atoms with E-state index in [1.807, 2.05) is 27.7 Å². The van der Waals surface area contributed by atoms with Crippen molar-refractivity contribution >= 4 is 17.3 Å². The van der Waals surface area contributed by atoms with Crippen molar-refractivity contribution in [1.29, 1.82) is 0 Å². The van der Waals surface area contributed by atoms with Gasteiger partial charge in [-0.05, 0) is 71.1 Å². The van der Waals surface area contributed by atoms with E-state index >= 15 is 0 Å². The molecule has 1 aliphatic heterocycles. The maximum atomic E-state index is 12.7. The van der Waals surface area contributed by atoms with Gasteiger partial charge in [-0.1, -0.05) is 33.6 Å². The lowest BCUT2D eigenvalue weighted by Crippen LogP contribution is -2.24. The first-order valence-electron chi connectivity index (χ1n) is 10.6. The van der Waals surface area contributed by atoms with Crippen LogP contribution in [0.3, 0.4) is 0 Å².